The van der Waals surface area contributed by atoms with Crippen LogP contribution in [0.2, 0.25) is 0 Å². The Hall–Kier alpha value is -1.20. The summed E-state index contributed by atoms with van der Waals surface area (Å²) in [4.78, 5) is 21.1. The second-order valence-electron chi connectivity index (χ2n) is 3.39. The number of halogens is 2. The lowest BCUT2D eigenvalue weighted by atomic mass is 9.77. The number of carboxylic acid groups (broad SMARTS) is 2. The van der Waals surface area contributed by atoms with Gasteiger partial charge in [-0.15, -0.1) is 0 Å². The van der Waals surface area contributed by atoms with Gasteiger partial charge in [0.15, 0.2) is 0 Å². The summed E-state index contributed by atoms with van der Waals surface area (Å²) in [6.45, 7) is 0. The van der Waals surface area contributed by atoms with Crippen molar-refractivity contribution >= 4 is 11.9 Å². The minimum Gasteiger partial charge on any atom is -0.481 e. The maximum absolute atomic E-state index is 12.8. The highest BCUT2D eigenvalue weighted by Gasteiger charge is 2.44. The first-order chi connectivity index (χ1) is 6.43. The van der Waals surface area contributed by atoms with E-state index in [1.807, 2.05) is 0 Å². The number of carboxylic acids is 2. The van der Waals surface area contributed by atoms with Gasteiger partial charge in [0.2, 0.25) is 0 Å². The summed E-state index contributed by atoms with van der Waals surface area (Å²) in [5.41, 5.74) is 0. The molecule has 1 aliphatic rings. The fraction of sp³-hybridized carbons (Fsp3) is 0.750. The fourth-order valence-electron chi connectivity index (χ4n) is 1.65. The van der Waals surface area contributed by atoms with E-state index in [-0.39, 0.29) is 0 Å². The summed E-state index contributed by atoms with van der Waals surface area (Å²) >= 11 is 0. The van der Waals surface area contributed by atoms with E-state index in [0.29, 0.717) is 0 Å². The van der Waals surface area contributed by atoms with Gasteiger partial charge in [-0.25, -0.2) is 8.78 Å². The molecule has 0 saturated heterocycles. The quantitative estimate of drug-likeness (QED) is 0.705. The molecule has 4 atom stereocenters. The number of hydrogen-bond donors (Lipinski definition) is 2. The van der Waals surface area contributed by atoms with Gasteiger partial charge in [-0.2, -0.15) is 0 Å². The van der Waals surface area contributed by atoms with Gasteiger partial charge in [0.05, 0.1) is 11.8 Å². The van der Waals surface area contributed by atoms with Gasteiger partial charge in [0.25, 0.3) is 0 Å². The monoisotopic (exact) mass is 208 g/mol. The molecule has 80 valence electrons. The summed E-state index contributed by atoms with van der Waals surface area (Å²) in [5, 5.41) is 17.2. The van der Waals surface area contributed by atoms with Gasteiger partial charge >= 0.3 is 11.9 Å². The van der Waals surface area contributed by atoms with Crippen LogP contribution >= 0.6 is 0 Å². The Bertz CT molecular complexity index is 230. The van der Waals surface area contributed by atoms with Crippen LogP contribution in [-0.2, 0) is 9.59 Å². The number of hydrogen-bond acceptors (Lipinski definition) is 2. The molecule has 0 amide bonds. The van der Waals surface area contributed by atoms with Gasteiger partial charge in [-0.05, 0) is 12.8 Å². The Morgan fingerprint density at radius 2 is 1.21 bits per heavy atom. The summed E-state index contributed by atoms with van der Waals surface area (Å²) in [6, 6.07) is 0. The molecule has 0 heterocycles. The molecule has 0 aromatic heterocycles. The van der Waals surface area contributed by atoms with Crippen molar-refractivity contribution in [3.8, 4) is 0 Å². The maximum Gasteiger partial charge on any atom is 0.307 e. The van der Waals surface area contributed by atoms with Crippen LogP contribution in [0.4, 0.5) is 8.78 Å². The molecule has 2 N–H and O–H groups in total. The first-order valence-electron chi connectivity index (χ1n) is 4.17. The average molecular weight is 208 g/mol. The van der Waals surface area contributed by atoms with Crippen LogP contribution in [0.25, 0.3) is 0 Å². The Morgan fingerprint density at radius 3 is 1.43 bits per heavy atom. The molecule has 1 fully saturated rings. The number of rotatable bonds is 2. The van der Waals surface area contributed by atoms with Crippen LogP contribution in [0.1, 0.15) is 12.8 Å². The highest BCUT2D eigenvalue weighted by Crippen LogP contribution is 2.34. The fourth-order valence-corrected chi connectivity index (χ4v) is 1.65. The van der Waals surface area contributed by atoms with E-state index >= 15 is 0 Å². The zero-order valence-electron chi connectivity index (χ0n) is 7.19. The van der Waals surface area contributed by atoms with Crippen LogP contribution in [0.15, 0.2) is 0 Å². The Morgan fingerprint density at radius 1 is 0.929 bits per heavy atom. The highest BCUT2D eigenvalue weighted by molar-refractivity contribution is 5.80. The van der Waals surface area contributed by atoms with Crippen LogP contribution in [0.3, 0.4) is 0 Å². The molecule has 6 heteroatoms. The molecule has 0 spiro atoms. The molecular weight excluding hydrogens is 198 g/mol. The van der Waals surface area contributed by atoms with E-state index in [2.05, 4.69) is 0 Å². The van der Waals surface area contributed by atoms with E-state index in [1.165, 1.54) is 0 Å². The second kappa shape index (κ2) is 3.89. The SMILES string of the molecule is O=C(O)[C@@H]1C[C@@H](F)[C@H](F)C[C@H]1C(=O)O. The van der Waals surface area contributed by atoms with Gasteiger partial charge in [-0.3, -0.25) is 9.59 Å². The topological polar surface area (TPSA) is 74.6 Å². The second-order valence-corrected chi connectivity index (χ2v) is 3.39. The summed E-state index contributed by atoms with van der Waals surface area (Å²) in [6.07, 6.45) is -4.86. The highest BCUT2D eigenvalue weighted by atomic mass is 19.2. The summed E-state index contributed by atoms with van der Waals surface area (Å²) < 4.78 is 25.6. The van der Waals surface area contributed by atoms with Crippen molar-refractivity contribution in [3.63, 3.8) is 0 Å². The van der Waals surface area contributed by atoms with Crippen molar-refractivity contribution in [2.45, 2.75) is 25.2 Å². The first-order valence-corrected chi connectivity index (χ1v) is 4.17. The van der Waals surface area contributed by atoms with E-state index in [0.717, 1.165) is 0 Å². The smallest absolute Gasteiger partial charge is 0.307 e. The van der Waals surface area contributed by atoms with Crippen molar-refractivity contribution in [1.82, 2.24) is 0 Å². The predicted octanol–water partition coefficient (Wildman–Crippen LogP) is 0.858. The maximum atomic E-state index is 12.8. The standard InChI is InChI=1S/C8H10F2O4/c9-5-1-3(7(11)12)4(8(13)14)2-6(5)10/h3-6H,1-2H2,(H,11,12)(H,13,14)/t3-,4-,5-,6-/m1/s1. The molecule has 0 aliphatic heterocycles. The van der Waals surface area contributed by atoms with Gasteiger partial charge in [0.1, 0.15) is 12.3 Å². The van der Waals surface area contributed by atoms with Gasteiger partial charge < -0.3 is 10.2 Å². The number of aliphatic carboxylic acids is 2. The third-order valence-corrected chi connectivity index (χ3v) is 2.47. The molecule has 0 radical (unpaired) electrons. The minimum atomic E-state index is -1.87. The minimum absolute atomic E-state index is 0.562. The lowest BCUT2D eigenvalue weighted by molar-refractivity contribution is -0.158. The van der Waals surface area contributed by atoms with Crippen molar-refractivity contribution in [3.05, 3.63) is 0 Å². The number of alkyl halides is 2. The van der Waals surface area contributed by atoms with Crippen LogP contribution < -0.4 is 0 Å². The lowest BCUT2D eigenvalue weighted by Crippen LogP contribution is -2.41. The van der Waals surface area contributed by atoms with E-state index in [1.54, 1.807) is 0 Å². The van der Waals surface area contributed by atoms with Crippen molar-refractivity contribution in [2.24, 2.45) is 11.8 Å². The lowest BCUT2D eigenvalue weighted by Gasteiger charge is -2.29. The molecule has 0 bridgehead atoms. The largest absolute Gasteiger partial charge is 0.481 e. The summed E-state index contributed by atoms with van der Waals surface area (Å²) in [5.74, 6) is -5.41. The van der Waals surface area contributed by atoms with Crippen molar-refractivity contribution in [2.75, 3.05) is 0 Å². The molecule has 14 heavy (non-hydrogen) atoms. The van der Waals surface area contributed by atoms with E-state index in [4.69, 9.17) is 10.2 Å². The number of carbonyl (C=O) groups is 2. The average Bonchev–Trinajstić information content (AvgIpc) is 2.08. The molecule has 0 aromatic rings. The van der Waals surface area contributed by atoms with Crippen molar-refractivity contribution < 1.29 is 28.6 Å². The molecule has 0 unspecified atom stereocenters. The predicted molar refractivity (Wildman–Crippen MR) is 41.3 cm³/mol. The normalized spacial score (nSPS) is 37.9. The first kappa shape index (κ1) is 10.9. The molecule has 4 nitrogen and oxygen atoms in total. The third-order valence-electron chi connectivity index (χ3n) is 2.47. The van der Waals surface area contributed by atoms with Crippen LogP contribution in [0, 0.1) is 11.8 Å². The Labute approximate surface area is 78.5 Å². The zero-order valence-corrected chi connectivity index (χ0v) is 7.19. The molecule has 0 aromatic carbocycles. The Kier molecular flexibility index (Phi) is 3.03. The van der Waals surface area contributed by atoms with Gasteiger partial charge in [0, 0.05) is 0 Å². The van der Waals surface area contributed by atoms with Crippen LogP contribution in [-0.4, -0.2) is 34.5 Å². The third kappa shape index (κ3) is 2.00. The Balaban J connectivity index is 2.80. The molecule has 1 rings (SSSR count). The molecule has 1 saturated carbocycles. The van der Waals surface area contributed by atoms with Crippen LogP contribution in [0.5, 0.6) is 0 Å². The van der Waals surface area contributed by atoms with E-state index in [9.17, 15) is 18.4 Å². The van der Waals surface area contributed by atoms with Crippen molar-refractivity contribution in [1.29, 1.82) is 0 Å². The summed E-state index contributed by atoms with van der Waals surface area (Å²) in [7, 11) is 0. The van der Waals surface area contributed by atoms with E-state index < -0.39 is 49.0 Å². The molecule has 1 aliphatic carbocycles. The van der Waals surface area contributed by atoms with Gasteiger partial charge in [-0.1, -0.05) is 0 Å². The zero-order chi connectivity index (χ0) is 10.9. The molecular formula is C8H10F2O4.